The molecule has 0 aromatic heterocycles. The predicted octanol–water partition coefficient (Wildman–Crippen LogP) is 2.93. The number of hydrogen-bond acceptors (Lipinski definition) is 5. The van der Waals surface area contributed by atoms with Gasteiger partial charge < -0.3 is 19.6 Å². The van der Waals surface area contributed by atoms with Crippen LogP contribution in [0.3, 0.4) is 0 Å². The van der Waals surface area contributed by atoms with Crippen LogP contribution in [-0.4, -0.2) is 37.6 Å². The highest BCUT2D eigenvalue weighted by molar-refractivity contribution is 5.72. The molecule has 0 unspecified atom stereocenters. The van der Waals surface area contributed by atoms with Crippen molar-refractivity contribution < 1.29 is 23.9 Å². The van der Waals surface area contributed by atoms with E-state index in [1.165, 1.54) is 7.05 Å². The zero-order valence-corrected chi connectivity index (χ0v) is 14.4. The highest BCUT2D eigenvalue weighted by atomic mass is 16.6. The van der Waals surface area contributed by atoms with E-state index in [9.17, 15) is 14.4 Å². The van der Waals surface area contributed by atoms with E-state index >= 15 is 0 Å². The molecule has 0 heterocycles. The van der Waals surface area contributed by atoms with Gasteiger partial charge in [-0.25, -0.2) is 4.79 Å². The molecule has 0 atom stereocenters. The fourth-order valence-electron chi connectivity index (χ4n) is 1.52. The topological polar surface area (TPSA) is 81.7 Å². The molecule has 0 aromatic rings. The molecule has 1 aliphatic rings. The van der Waals surface area contributed by atoms with Gasteiger partial charge in [0.05, 0.1) is 6.42 Å². The van der Waals surface area contributed by atoms with Crippen LogP contribution in [0.5, 0.6) is 0 Å². The van der Waals surface area contributed by atoms with Crippen molar-refractivity contribution in [2.45, 2.75) is 52.1 Å². The van der Waals surface area contributed by atoms with Gasteiger partial charge in [0.1, 0.15) is 18.5 Å². The van der Waals surface area contributed by atoms with E-state index in [-0.39, 0.29) is 30.5 Å². The van der Waals surface area contributed by atoms with E-state index < -0.39 is 0 Å². The van der Waals surface area contributed by atoms with Crippen molar-refractivity contribution in [1.29, 1.82) is 0 Å². The number of ether oxygens (including phenoxy) is 2. The number of alkyl carbamates (subject to hydrolysis) is 1. The molecular formula is C17H27NO5. The molecule has 6 nitrogen and oxygen atoms in total. The van der Waals surface area contributed by atoms with Gasteiger partial charge in [0.25, 0.3) is 0 Å². The first-order valence-corrected chi connectivity index (χ1v) is 7.64. The highest BCUT2D eigenvalue weighted by Gasteiger charge is 2.14. The van der Waals surface area contributed by atoms with Crippen molar-refractivity contribution in [3.8, 4) is 0 Å². The first kappa shape index (κ1) is 20.9. The maximum atomic E-state index is 11.0. The molecule has 1 amide bonds. The third kappa shape index (κ3) is 13.3. The molecule has 0 saturated heterocycles. The van der Waals surface area contributed by atoms with Gasteiger partial charge in [-0.1, -0.05) is 18.2 Å². The van der Waals surface area contributed by atoms with Gasteiger partial charge in [-0.3, -0.25) is 4.79 Å². The summed E-state index contributed by atoms with van der Waals surface area (Å²) in [7, 11) is 1.54. The Balaban J connectivity index is 0.000000468. The number of nitrogens with one attached hydrogen (secondary N) is 1. The van der Waals surface area contributed by atoms with E-state index in [2.05, 4.69) is 17.5 Å². The molecule has 130 valence electrons. The molecule has 0 aliphatic heterocycles. The van der Waals surface area contributed by atoms with Crippen LogP contribution in [0.4, 0.5) is 4.79 Å². The van der Waals surface area contributed by atoms with Gasteiger partial charge in [0.15, 0.2) is 0 Å². The van der Waals surface area contributed by atoms with Crippen LogP contribution in [0, 0.1) is 0 Å². The van der Waals surface area contributed by atoms with Crippen molar-refractivity contribution in [3.63, 3.8) is 0 Å². The number of amides is 1. The first-order valence-electron chi connectivity index (χ1n) is 7.64. The lowest BCUT2D eigenvalue weighted by atomic mass is 10.1. The Kier molecular flexibility index (Phi) is 10.4. The summed E-state index contributed by atoms with van der Waals surface area (Å²) in [4.78, 5) is 31.5. The van der Waals surface area contributed by atoms with E-state index in [1.807, 2.05) is 26.8 Å². The summed E-state index contributed by atoms with van der Waals surface area (Å²) in [6.45, 7) is 5.79. The Morgan fingerprint density at radius 2 is 2.00 bits per heavy atom. The number of hydrogen-bond donors (Lipinski definition) is 1. The lowest BCUT2D eigenvalue weighted by Crippen LogP contribution is -2.30. The molecule has 0 bridgehead atoms. The summed E-state index contributed by atoms with van der Waals surface area (Å²) < 4.78 is 9.80. The summed E-state index contributed by atoms with van der Waals surface area (Å²) >= 11 is 0. The van der Waals surface area contributed by atoms with Crippen LogP contribution in [0.2, 0.25) is 0 Å². The number of carbonyl (C=O) groups excluding carboxylic acids is 3. The van der Waals surface area contributed by atoms with E-state index in [1.54, 1.807) is 0 Å². The van der Waals surface area contributed by atoms with Crippen molar-refractivity contribution in [2.24, 2.45) is 0 Å². The molecule has 0 fully saturated rings. The molecule has 6 heteroatoms. The molecular weight excluding hydrogens is 298 g/mol. The van der Waals surface area contributed by atoms with Crippen molar-refractivity contribution in [2.75, 3.05) is 13.7 Å². The van der Waals surface area contributed by atoms with Crippen LogP contribution in [0.15, 0.2) is 23.8 Å². The zero-order chi connectivity index (χ0) is 17.7. The van der Waals surface area contributed by atoms with E-state index in [0.29, 0.717) is 6.61 Å². The SMILES string of the molecule is CNC(=O)OC(C)(C)C.O=CCCC(=O)OCC1=CCCC=C1. The highest BCUT2D eigenvalue weighted by Crippen LogP contribution is 2.10. The lowest BCUT2D eigenvalue weighted by Gasteiger charge is -2.18. The minimum Gasteiger partial charge on any atom is -0.461 e. The first-order chi connectivity index (χ1) is 10.8. The molecule has 0 spiro atoms. The Hall–Kier alpha value is -2.11. The van der Waals surface area contributed by atoms with E-state index in [4.69, 9.17) is 9.47 Å². The Morgan fingerprint density at radius 3 is 2.43 bits per heavy atom. The van der Waals surface area contributed by atoms with Crippen molar-refractivity contribution >= 4 is 18.3 Å². The summed E-state index contributed by atoms with van der Waals surface area (Å²) in [5.74, 6) is -0.308. The third-order valence-corrected chi connectivity index (χ3v) is 2.54. The second-order valence-electron chi connectivity index (χ2n) is 5.88. The molecule has 1 N–H and O–H groups in total. The largest absolute Gasteiger partial charge is 0.461 e. The third-order valence-electron chi connectivity index (χ3n) is 2.54. The molecule has 1 aliphatic carbocycles. The quantitative estimate of drug-likeness (QED) is 0.621. The smallest absolute Gasteiger partial charge is 0.407 e. The molecule has 0 aromatic carbocycles. The predicted molar refractivity (Wildman–Crippen MR) is 88.0 cm³/mol. The molecule has 1 rings (SSSR count). The van der Waals surface area contributed by atoms with Gasteiger partial charge in [0, 0.05) is 13.5 Å². The number of carbonyl (C=O) groups is 3. The summed E-state index contributed by atoms with van der Waals surface area (Å²) in [6, 6.07) is 0. The molecule has 23 heavy (non-hydrogen) atoms. The number of rotatable bonds is 5. The summed E-state index contributed by atoms with van der Waals surface area (Å²) in [5.41, 5.74) is 0.649. The van der Waals surface area contributed by atoms with Crippen LogP contribution in [-0.2, 0) is 19.1 Å². The number of aldehydes is 1. The van der Waals surface area contributed by atoms with Crippen LogP contribution < -0.4 is 5.32 Å². The standard InChI is InChI=1S/C11H14O3.C6H13NO2/c12-8-4-7-11(13)14-9-10-5-2-1-3-6-10;1-6(2,3)9-5(8)7-4/h2,5-6,8H,1,3-4,7,9H2;1-4H3,(H,7,8). The summed E-state index contributed by atoms with van der Waals surface area (Å²) in [6.07, 6.45) is 8.93. The van der Waals surface area contributed by atoms with Crippen molar-refractivity contribution in [1.82, 2.24) is 5.32 Å². The zero-order valence-electron chi connectivity index (χ0n) is 14.4. The normalized spacial score (nSPS) is 13.1. The van der Waals surface area contributed by atoms with Gasteiger partial charge >= 0.3 is 12.1 Å². The van der Waals surface area contributed by atoms with Gasteiger partial charge in [-0.05, 0) is 39.2 Å². The molecule has 0 radical (unpaired) electrons. The second-order valence-corrected chi connectivity index (χ2v) is 5.88. The van der Waals surface area contributed by atoms with Crippen LogP contribution in [0.1, 0.15) is 46.5 Å². The summed E-state index contributed by atoms with van der Waals surface area (Å²) in [5, 5.41) is 2.36. The van der Waals surface area contributed by atoms with Gasteiger partial charge in [0.2, 0.25) is 0 Å². The maximum absolute atomic E-state index is 11.0. The Morgan fingerprint density at radius 1 is 1.30 bits per heavy atom. The Bertz CT molecular complexity index is 446. The number of esters is 1. The lowest BCUT2D eigenvalue weighted by molar-refractivity contribution is -0.143. The van der Waals surface area contributed by atoms with Crippen molar-refractivity contribution in [3.05, 3.63) is 23.8 Å². The fourth-order valence-corrected chi connectivity index (χ4v) is 1.52. The second kappa shape index (κ2) is 11.5. The monoisotopic (exact) mass is 325 g/mol. The van der Waals surface area contributed by atoms with Gasteiger partial charge in [-0.2, -0.15) is 0 Å². The fraction of sp³-hybridized carbons (Fsp3) is 0.588. The number of allylic oxidation sites excluding steroid dienone is 2. The van der Waals surface area contributed by atoms with Gasteiger partial charge in [-0.15, -0.1) is 0 Å². The average molecular weight is 325 g/mol. The van der Waals surface area contributed by atoms with Crippen LogP contribution >= 0.6 is 0 Å². The maximum Gasteiger partial charge on any atom is 0.407 e. The molecule has 0 saturated carbocycles. The average Bonchev–Trinajstić information content (AvgIpc) is 2.51. The van der Waals surface area contributed by atoms with Crippen LogP contribution in [0.25, 0.3) is 0 Å². The van der Waals surface area contributed by atoms with E-state index in [0.717, 1.165) is 24.7 Å². The minimum absolute atomic E-state index is 0.181. The Labute approximate surface area is 137 Å². The minimum atomic E-state index is -0.389.